The molecule has 1 saturated carbocycles. The summed E-state index contributed by atoms with van der Waals surface area (Å²) in [6, 6.07) is 0. The van der Waals surface area contributed by atoms with Crippen molar-refractivity contribution in [3.05, 3.63) is 22.6 Å². The zero-order valence-electron chi connectivity index (χ0n) is 8.26. The summed E-state index contributed by atoms with van der Waals surface area (Å²) in [5.74, 6) is 1.24. The smallest absolute Gasteiger partial charge is 0.156 e. The van der Waals surface area contributed by atoms with Crippen molar-refractivity contribution in [1.29, 1.82) is 0 Å². The van der Waals surface area contributed by atoms with Gasteiger partial charge in [0.25, 0.3) is 0 Å². The van der Waals surface area contributed by atoms with Gasteiger partial charge in [-0.25, -0.2) is 0 Å². The van der Waals surface area contributed by atoms with Gasteiger partial charge < -0.3 is 4.79 Å². The third kappa shape index (κ3) is 1.19. The van der Waals surface area contributed by atoms with Gasteiger partial charge in [0.1, 0.15) is 6.29 Å². The zero-order valence-corrected chi connectivity index (χ0v) is 9.07. The zero-order chi connectivity index (χ0) is 10.4. The van der Waals surface area contributed by atoms with Crippen LogP contribution in [0.5, 0.6) is 0 Å². The lowest BCUT2D eigenvalue weighted by molar-refractivity contribution is -0.108. The van der Waals surface area contributed by atoms with E-state index >= 15 is 0 Å². The summed E-state index contributed by atoms with van der Waals surface area (Å²) in [6.45, 7) is 0. The largest absolute Gasteiger partial charge is 0.302 e. The average molecular weight is 220 g/mol. The number of hydrogen-bond acceptors (Lipinski definition) is 3. The van der Waals surface area contributed by atoms with Crippen molar-refractivity contribution in [3.8, 4) is 0 Å². The van der Waals surface area contributed by atoms with Crippen LogP contribution in [0.2, 0.25) is 0 Å². The van der Waals surface area contributed by atoms with Crippen LogP contribution in [-0.2, 0) is 9.59 Å². The minimum atomic E-state index is -0.0158. The molecular weight excluding hydrogens is 208 g/mol. The summed E-state index contributed by atoms with van der Waals surface area (Å²) in [5.41, 5.74) is 1.26. The highest BCUT2D eigenvalue weighted by atomic mass is 32.2. The topological polar surface area (TPSA) is 34.1 Å². The van der Waals surface area contributed by atoms with E-state index in [-0.39, 0.29) is 5.25 Å². The van der Waals surface area contributed by atoms with E-state index in [1.807, 2.05) is 0 Å². The molecule has 0 aromatic carbocycles. The second-order valence-corrected chi connectivity index (χ2v) is 5.63. The standard InChI is InChI=1S/C12H12O2S/c13-5-9-11-7-1-2-8(4-3-7)12(11)10(6-14)15-9/h1-2,5-9,11H,3-4H2. The van der Waals surface area contributed by atoms with E-state index in [0.29, 0.717) is 17.8 Å². The van der Waals surface area contributed by atoms with Crippen LogP contribution in [0, 0.1) is 17.8 Å². The maximum atomic E-state index is 11.0. The molecule has 0 spiro atoms. The van der Waals surface area contributed by atoms with Crippen molar-refractivity contribution in [2.75, 3.05) is 0 Å². The molecule has 0 aromatic rings. The van der Waals surface area contributed by atoms with Crippen LogP contribution >= 0.6 is 11.8 Å². The number of carbonyl (C=O) groups excluding carboxylic acids is 2. The molecule has 1 aliphatic heterocycles. The van der Waals surface area contributed by atoms with Crippen LogP contribution in [-0.4, -0.2) is 17.8 Å². The normalized spacial score (nSPS) is 41.9. The van der Waals surface area contributed by atoms with Gasteiger partial charge in [0.15, 0.2) is 6.29 Å². The summed E-state index contributed by atoms with van der Waals surface area (Å²) in [6.07, 6.45) is 8.73. The van der Waals surface area contributed by atoms with Crippen LogP contribution in [0.15, 0.2) is 22.6 Å². The molecule has 78 valence electrons. The third-order valence-corrected chi connectivity index (χ3v) is 5.03. The molecule has 3 aliphatic carbocycles. The number of aldehydes is 2. The van der Waals surface area contributed by atoms with Crippen LogP contribution < -0.4 is 0 Å². The number of thioether (sulfide) groups is 1. The Kier molecular flexibility index (Phi) is 2.09. The first kappa shape index (κ1) is 9.40. The summed E-state index contributed by atoms with van der Waals surface area (Å²) in [4.78, 5) is 22.8. The highest BCUT2D eigenvalue weighted by Gasteiger charge is 2.46. The molecule has 4 atom stereocenters. The highest BCUT2D eigenvalue weighted by molar-refractivity contribution is 8.05. The van der Waals surface area contributed by atoms with Gasteiger partial charge in [0.05, 0.1) is 5.25 Å². The van der Waals surface area contributed by atoms with Crippen molar-refractivity contribution < 1.29 is 9.59 Å². The SMILES string of the molecule is O=CC1=C2C3C=CC(CC3)C2C(C=O)S1. The lowest BCUT2D eigenvalue weighted by atomic mass is 9.65. The molecule has 4 aliphatic rings. The summed E-state index contributed by atoms with van der Waals surface area (Å²) in [7, 11) is 0. The molecule has 1 fully saturated rings. The third-order valence-electron chi connectivity index (χ3n) is 3.76. The lowest BCUT2D eigenvalue weighted by Crippen LogP contribution is -2.34. The molecule has 4 rings (SSSR count). The average Bonchev–Trinajstić information content (AvgIpc) is 2.71. The molecule has 0 N–H and O–H groups in total. The Morgan fingerprint density at radius 3 is 2.73 bits per heavy atom. The van der Waals surface area contributed by atoms with E-state index in [1.165, 1.54) is 23.8 Å². The molecule has 0 amide bonds. The maximum absolute atomic E-state index is 11.0. The monoisotopic (exact) mass is 220 g/mol. The Morgan fingerprint density at radius 1 is 1.27 bits per heavy atom. The first-order chi connectivity index (χ1) is 7.35. The van der Waals surface area contributed by atoms with Crippen LogP contribution in [0.25, 0.3) is 0 Å². The van der Waals surface area contributed by atoms with Gasteiger partial charge in [-0.2, -0.15) is 0 Å². The van der Waals surface area contributed by atoms with Gasteiger partial charge in [-0.1, -0.05) is 12.2 Å². The Morgan fingerprint density at radius 2 is 2.13 bits per heavy atom. The Bertz CT molecular complexity index is 383. The lowest BCUT2D eigenvalue weighted by Gasteiger charge is -2.39. The van der Waals surface area contributed by atoms with Gasteiger partial charge in [-0.3, -0.25) is 4.79 Å². The van der Waals surface area contributed by atoms with Crippen LogP contribution in [0.1, 0.15) is 12.8 Å². The second-order valence-electron chi connectivity index (χ2n) is 4.41. The highest BCUT2D eigenvalue weighted by Crippen LogP contribution is 2.55. The van der Waals surface area contributed by atoms with Crippen LogP contribution in [0.4, 0.5) is 0 Å². The molecule has 4 unspecified atom stereocenters. The minimum absolute atomic E-state index is 0.0158. The number of hydrogen-bond donors (Lipinski definition) is 0. The number of allylic oxidation sites excluding steroid dienone is 4. The summed E-state index contributed by atoms with van der Waals surface area (Å²) >= 11 is 1.47. The molecule has 2 nitrogen and oxygen atoms in total. The van der Waals surface area contributed by atoms with E-state index in [4.69, 9.17) is 0 Å². The number of fused-ring (bicyclic) bond motifs is 1. The van der Waals surface area contributed by atoms with Gasteiger partial charge in [-0.15, -0.1) is 11.8 Å². The molecule has 1 heterocycles. The Balaban J connectivity index is 2.08. The van der Waals surface area contributed by atoms with Gasteiger partial charge in [-0.05, 0) is 30.3 Å². The minimum Gasteiger partial charge on any atom is -0.302 e. The second kappa shape index (κ2) is 3.34. The van der Waals surface area contributed by atoms with Gasteiger partial charge in [0, 0.05) is 10.8 Å². The number of rotatable bonds is 2. The van der Waals surface area contributed by atoms with E-state index in [9.17, 15) is 9.59 Å². The molecular formula is C12H12O2S. The summed E-state index contributed by atoms with van der Waals surface area (Å²) < 4.78 is 0. The fraction of sp³-hybridized carbons (Fsp3) is 0.500. The molecule has 0 saturated heterocycles. The predicted molar refractivity (Wildman–Crippen MR) is 59.4 cm³/mol. The van der Waals surface area contributed by atoms with E-state index in [0.717, 1.165) is 23.9 Å². The number of carbonyl (C=O) groups is 2. The fourth-order valence-electron chi connectivity index (χ4n) is 3.14. The van der Waals surface area contributed by atoms with Crippen molar-refractivity contribution in [1.82, 2.24) is 0 Å². The van der Waals surface area contributed by atoms with Gasteiger partial charge in [0.2, 0.25) is 0 Å². The fourth-order valence-corrected chi connectivity index (χ4v) is 4.46. The quantitative estimate of drug-likeness (QED) is 0.527. The van der Waals surface area contributed by atoms with Crippen molar-refractivity contribution in [2.45, 2.75) is 18.1 Å². The van der Waals surface area contributed by atoms with E-state index < -0.39 is 0 Å². The van der Waals surface area contributed by atoms with Crippen LogP contribution in [0.3, 0.4) is 0 Å². The van der Waals surface area contributed by atoms with Crippen molar-refractivity contribution in [2.24, 2.45) is 17.8 Å². The Hall–Kier alpha value is -0.830. The first-order valence-corrected chi connectivity index (χ1v) is 6.22. The van der Waals surface area contributed by atoms with Crippen molar-refractivity contribution in [3.63, 3.8) is 0 Å². The molecule has 15 heavy (non-hydrogen) atoms. The Labute approximate surface area is 92.8 Å². The maximum Gasteiger partial charge on any atom is 0.156 e. The molecule has 0 aromatic heterocycles. The summed E-state index contributed by atoms with van der Waals surface area (Å²) in [5, 5.41) is -0.0158. The van der Waals surface area contributed by atoms with E-state index in [2.05, 4.69) is 12.2 Å². The van der Waals surface area contributed by atoms with Gasteiger partial charge >= 0.3 is 0 Å². The predicted octanol–water partition coefficient (Wildman–Crippen LogP) is 1.97. The van der Waals surface area contributed by atoms with E-state index in [1.54, 1.807) is 0 Å². The molecule has 3 heteroatoms. The molecule has 2 bridgehead atoms. The molecule has 0 radical (unpaired) electrons. The van der Waals surface area contributed by atoms with Crippen molar-refractivity contribution >= 4 is 24.3 Å². The first-order valence-electron chi connectivity index (χ1n) is 5.34.